The van der Waals surface area contributed by atoms with Crippen molar-refractivity contribution in [2.75, 3.05) is 13.1 Å². The molecule has 4 rings (SSSR count). The lowest BCUT2D eigenvalue weighted by molar-refractivity contribution is 0.0994. The Kier molecular flexibility index (Phi) is 7.05. The van der Waals surface area contributed by atoms with Gasteiger partial charge in [0, 0.05) is 37.8 Å². The number of nitrogens with two attached hydrogens (primary N) is 1. The SMILES string of the molecule is CC=CN1CCCC(c2cnccc2-c2ccc(Cc3c(C(N)=O)nnn3C(C)(C)C)c(C)c2)C1. The molecule has 0 spiro atoms. The van der Waals surface area contributed by atoms with Gasteiger partial charge >= 0.3 is 0 Å². The van der Waals surface area contributed by atoms with Crippen molar-refractivity contribution < 1.29 is 4.79 Å². The molecule has 1 aliphatic rings. The zero-order chi connectivity index (χ0) is 25.2. The van der Waals surface area contributed by atoms with Gasteiger partial charge < -0.3 is 10.6 Å². The number of rotatable bonds is 6. The monoisotopic (exact) mass is 472 g/mol. The van der Waals surface area contributed by atoms with Gasteiger partial charge in [-0.3, -0.25) is 9.78 Å². The summed E-state index contributed by atoms with van der Waals surface area (Å²) in [5.74, 6) is -0.0976. The Bertz CT molecular complexity index is 1240. The summed E-state index contributed by atoms with van der Waals surface area (Å²) in [6, 6.07) is 8.67. The number of aromatic nitrogens is 4. The fraction of sp³-hybridized carbons (Fsp3) is 0.429. The number of hydrogen-bond donors (Lipinski definition) is 1. The maximum atomic E-state index is 12.0. The zero-order valence-electron chi connectivity index (χ0n) is 21.5. The molecule has 7 nitrogen and oxygen atoms in total. The lowest BCUT2D eigenvalue weighted by Gasteiger charge is -2.33. The molecule has 0 aliphatic carbocycles. The summed E-state index contributed by atoms with van der Waals surface area (Å²) in [6.45, 7) is 12.4. The second kappa shape index (κ2) is 10.0. The number of aryl methyl sites for hydroxylation is 1. The van der Waals surface area contributed by atoms with Gasteiger partial charge in [-0.25, -0.2) is 4.68 Å². The Balaban J connectivity index is 1.66. The van der Waals surface area contributed by atoms with Gasteiger partial charge in [0.15, 0.2) is 5.69 Å². The lowest BCUT2D eigenvalue weighted by Crippen LogP contribution is -2.30. The van der Waals surface area contributed by atoms with Crippen molar-refractivity contribution in [3.8, 4) is 11.1 Å². The fourth-order valence-corrected chi connectivity index (χ4v) is 5.03. The molecule has 0 saturated carbocycles. The Morgan fingerprint density at radius 2 is 2.06 bits per heavy atom. The highest BCUT2D eigenvalue weighted by Gasteiger charge is 2.26. The maximum Gasteiger partial charge on any atom is 0.271 e. The maximum absolute atomic E-state index is 12.0. The van der Waals surface area contributed by atoms with Crippen LogP contribution in [-0.2, 0) is 12.0 Å². The fourth-order valence-electron chi connectivity index (χ4n) is 5.03. The number of pyridine rings is 1. The minimum atomic E-state index is -0.550. The van der Waals surface area contributed by atoms with Crippen LogP contribution in [0.1, 0.15) is 79.3 Å². The van der Waals surface area contributed by atoms with E-state index >= 15 is 0 Å². The van der Waals surface area contributed by atoms with Crippen LogP contribution in [0.4, 0.5) is 0 Å². The molecule has 7 heteroatoms. The van der Waals surface area contributed by atoms with Crippen molar-refractivity contribution in [1.82, 2.24) is 24.9 Å². The van der Waals surface area contributed by atoms with E-state index in [1.807, 2.05) is 33.2 Å². The average molecular weight is 473 g/mol. The molecule has 184 valence electrons. The van der Waals surface area contributed by atoms with Crippen LogP contribution < -0.4 is 5.73 Å². The van der Waals surface area contributed by atoms with Crippen molar-refractivity contribution in [3.63, 3.8) is 0 Å². The van der Waals surface area contributed by atoms with Crippen molar-refractivity contribution in [3.05, 3.63) is 77.0 Å². The van der Waals surface area contributed by atoms with Crippen molar-refractivity contribution >= 4 is 5.91 Å². The summed E-state index contributed by atoms with van der Waals surface area (Å²) in [5, 5.41) is 8.31. The van der Waals surface area contributed by atoms with Gasteiger partial charge in [0.25, 0.3) is 5.91 Å². The minimum absolute atomic E-state index is 0.239. The number of carbonyl (C=O) groups is 1. The van der Waals surface area contributed by atoms with Gasteiger partial charge in [0.1, 0.15) is 0 Å². The second-order valence-electron chi connectivity index (χ2n) is 10.4. The van der Waals surface area contributed by atoms with Gasteiger partial charge in [-0.15, -0.1) is 5.10 Å². The highest BCUT2D eigenvalue weighted by molar-refractivity contribution is 5.91. The molecule has 0 radical (unpaired) electrons. The zero-order valence-corrected chi connectivity index (χ0v) is 21.5. The number of primary amides is 1. The van der Waals surface area contributed by atoms with Crippen LogP contribution in [0.3, 0.4) is 0 Å². The molecule has 2 aromatic heterocycles. The van der Waals surface area contributed by atoms with Crippen LogP contribution in [0.15, 0.2) is 48.9 Å². The van der Waals surface area contributed by atoms with Crippen LogP contribution in [0.5, 0.6) is 0 Å². The number of carbonyl (C=O) groups excluding carboxylic acids is 1. The molecule has 0 bridgehead atoms. The van der Waals surface area contributed by atoms with E-state index in [-0.39, 0.29) is 11.2 Å². The standard InChI is InChI=1S/C28H36N6O/c1-6-13-33-14-7-8-22(18-33)24-17-30-12-11-23(24)21-10-9-20(19(2)15-21)16-25-26(27(29)35)31-32-34(25)28(3,4)5/h6,9-13,15,17,22H,7-8,14,16,18H2,1-5H3,(H2,29,35). The first-order valence-electron chi connectivity index (χ1n) is 12.3. The lowest BCUT2D eigenvalue weighted by atomic mass is 9.86. The summed E-state index contributed by atoms with van der Waals surface area (Å²) in [7, 11) is 0. The number of amides is 1. The van der Waals surface area contributed by atoms with Crippen molar-refractivity contribution in [1.29, 1.82) is 0 Å². The number of nitrogens with zero attached hydrogens (tertiary/aromatic N) is 5. The molecular formula is C28H36N6O. The first-order chi connectivity index (χ1) is 16.7. The van der Waals surface area contributed by atoms with Gasteiger partial charge in [0.05, 0.1) is 11.2 Å². The van der Waals surface area contributed by atoms with E-state index in [0.29, 0.717) is 12.3 Å². The Morgan fingerprint density at radius 3 is 2.74 bits per heavy atom. The van der Waals surface area contributed by atoms with Crippen LogP contribution in [0.25, 0.3) is 11.1 Å². The third-order valence-corrected chi connectivity index (χ3v) is 6.75. The first kappa shape index (κ1) is 24.6. The second-order valence-corrected chi connectivity index (χ2v) is 10.4. The minimum Gasteiger partial charge on any atom is -0.377 e. The van der Waals surface area contributed by atoms with Gasteiger partial charge in [0.2, 0.25) is 0 Å². The summed E-state index contributed by atoms with van der Waals surface area (Å²) < 4.78 is 1.81. The van der Waals surface area contributed by atoms with E-state index in [2.05, 4.69) is 70.6 Å². The Hall–Kier alpha value is -3.48. The predicted molar refractivity (Wildman–Crippen MR) is 139 cm³/mol. The molecule has 1 fully saturated rings. The molecule has 1 aromatic carbocycles. The highest BCUT2D eigenvalue weighted by atomic mass is 16.1. The normalized spacial score (nSPS) is 16.7. The number of likely N-dealkylation sites (tertiary alicyclic amines) is 1. The van der Waals surface area contributed by atoms with Crippen molar-refractivity contribution in [2.24, 2.45) is 5.73 Å². The quantitative estimate of drug-likeness (QED) is 0.556. The molecule has 1 amide bonds. The van der Waals surface area contributed by atoms with Crippen LogP contribution in [0, 0.1) is 6.92 Å². The number of hydrogen-bond acceptors (Lipinski definition) is 5. The smallest absolute Gasteiger partial charge is 0.271 e. The molecule has 3 heterocycles. The van der Waals surface area contributed by atoms with Gasteiger partial charge in [-0.05, 0) is 87.5 Å². The average Bonchev–Trinajstić information content (AvgIpc) is 3.25. The Labute approximate surface area is 208 Å². The molecule has 2 N–H and O–H groups in total. The Morgan fingerprint density at radius 1 is 1.26 bits per heavy atom. The number of allylic oxidation sites excluding steroid dienone is 1. The van der Waals surface area contributed by atoms with Crippen LogP contribution in [-0.4, -0.2) is 43.9 Å². The van der Waals surface area contributed by atoms with Crippen LogP contribution >= 0.6 is 0 Å². The van der Waals surface area contributed by atoms with Gasteiger partial charge in [-0.2, -0.15) is 0 Å². The van der Waals surface area contributed by atoms with E-state index in [0.717, 1.165) is 29.9 Å². The third kappa shape index (κ3) is 5.29. The topological polar surface area (TPSA) is 89.9 Å². The molecular weight excluding hydrogens is 436 g/mol. The third-order valence-electron chi connectivity index (χ3n) is 6.75. The largest absolute Gasteiger partial charge is 0.377 e. The van der Waals surface area contributed by atoms with E-state index in [1.54, 1.807) is 4.68 Å². The number of piperidine rings is 1. The number of benzene rings is 1. The summed E-state index contributed by atoms with van der Waals surface area (Å²) in [5.41, 5.74) is 12.3. The summed E-state index contributed by atoms with van der Waals surface area (Å²) in [6.07, 6.45) is 11.1. The summed E-state index contributed by atoms with van der Waals surface area (Å²) >= 11 is 0. The molecule has 1 unspecified atom stereocenters. The summed E-state index contributed by atoms with van der Waals surface area (Å²) in [4.78, 5) is 18.9. The van der Waals surface area contributed by atoms with Crippen LogP contribution in [0.2, 0.25) is 0 Å². The van der Waals surface area contributed by atoms with E-state index in [4.69, 9.17) is 5.73 Å². The van der Waals surface area contributed by atoms with E-state index < -0.39 is 5.91 Å². The molecule has 1 atom stereocenters. The molecule has 35 heavy (non-hydrogen) atoms. The molecule has 1 saturated heterocycles. The molecule has 1 aliphatic heterocycles. The van der Waals surface area contributed by atoms with E-state index in [1.165, 1.54) is 29.5 Å². The van der Waals surface area contributed by atoms with E-state index in [9.17, 15) is 4.79 Å². The highest BCUT2D eigenvalue weighted by Crippen LogP contribution is 2.35. The molecule has 3 aromatic rings. The predicted octanol–water partition coefficient (Wildman–Crippen LogP) is 4.81. The van der Waals surface area contributed by atoms with Gasteiger partial charge in [-0.1, -0.05) is 29.5 Å². The first-order valence-corrected chi connectivity index (χ1v) is 12.3. The van der Waals surface area contributed by atoms with Crippen molar-refractivity contribution in [2.45, 2.75) is 65.3 Å².